The van der Waals surface area contributed by atoms with Crippen molar-refractivity contribution in [3.05, 3.63) is 45.9 Å². The highest BCUT2D eigenvalue weighted by Gasteiger charge is 2.28. The topological polar surface area (TPSA) is 66.4 Å². The zero-order chi connectivity index (χ0) is 15.5. The summed E-state index contributed by atoms with van der Waals surface area (Å²) in [5.41, 5.74) is 1.31. The van der Waals surface area contributed by atoms with Crippen molar-refractivity contribution in [2.24, 2.45) is 0 Å². The molecule has 3 rings (SSSR count). The molecule has 1 aromatic heterocycles. The van der Waals surface area contributed by atoms with Crippen molar-refractivity contribution in [3.63, 3.8) is 0 Å². The second kappa shape index (κ2) is 6.41. The van der Waals surface area contributed by atoms with Crippen molar-refractivity contribution < 1.29 is 9.59 Å². The molecular weight excluding hydrogens is 324 g/mol. The number of benzene rings is 1. The minimum atomic E-state index is -0.242. The number of rotatable bonds is 3. The minimum Gasteiger partial charge on any atom is -0.335 e. The van der Waals surface area contributed by atoms with Crippen LogP contribution in [0.3, 0.4) is 0 Å². The summed E-state index contributed by atoms with van der Waals surface area (Å²) in [6.07, 6.45) is 0. The molecule has 114 valence electrons. The summed E-state index contributed by atoms with van der Waals surface area (Å²) in [5.74, 6) is -0.314. The Balaban J connectivity index is 1.61. The Morgan fingerprint density at radius 1 is 1.27 bits per heavy atom. The van der Waals surface area contributed by atoms with Gasteiger partial charge in [-0.05, 0) is 29.2 Å². The van der Waals surface area contributed by atoms with E-state index >= 15 is 0 Å². The van der Waals surface area contributed by atoms with E-state index in [0.717, 1.165) is 17.1 Å². The summed E-state index contributed by atoms with van der Waals surface area (Å²) in [6, 6.07) is 7.40. The van der Waals surface area contributed by atoms with Crippen LogP contribution in [0.2, 0.25) is 5.02 Å². The molecule has 0 spiro atoms. The third-order valence-electron chi connectivity index (χ3n) is 3.47. The first-order valence-electron chi connectivity index (χ1n) is 6.72. The predicted octanol–water partition coefficient (Wildman–Crippen LogP) is 1.68. The van der Waals surface area contributed by atoms with Crippen molar-refractivity contribution in [1.29, 1.82) is 0 Å². The monoisotopic (exact) mass is 336 g/mol. The van der Waals surface area contributed by atoms with Gasteiger partial charge in [-0.15, -0.1) is 5.10 Å². The summed E-state index contributed by atoms with van der Waals surface area (Å²) in [6.45, 7) is 1.60. The Bertz CT molecular complexity index is 675. The van der Waals surface area contributed by atoms with Gasteiger partial charge in [-0.3, -0.25) is 9.59 Å². The Morgan fingerprint density at radius 2 is 2.05 bits per heavy atom. The van der Waals surface area contributed by atoms with Crippen LogP contribution in [-0.2, 0) is 11.3 Å². The van der Waals surface area contributed by atoms with E-state index in [1.165, 1.54) is 4.90 Å². The number of carbonyl (C=O) groups excluding carboxylic acids is 2. The van der Waals surface area contributed by atoms with E-state index in [1.807, 2.05) is 12.1 Å². The summed E-state index contributed by atoms with van der Waals surface area (Å²) in [5, 5.41) is 6.01. The van der Waals surface area contributed by atoms with Gasteiger partial charge < -0.3 is 9.80 Å². The van der Waals surface area contributed by atoms with Gasteiger partial charge in [0.1, 0.15) is 6.54 Å². The number of piperazine rings is 1. The SMILES string of the molecule is O=C1CN(C(=O)c2csnn2)CCN1Cc1ccc(Cl)cc1. The van der Waals surface area contributed by atoms with Gasteiger partial charge in [-0.25, -0.2) is 0 Å². The molecule has 2 amide bonds. The molecule has 1 aliphatic heterocycles. The number of carbonyl (C=O) groups is 2. The van der Waals surface area contributed by atoms with Crippen LogP contribution in [0.4, 0.5) is 0 Å². The number of halogens is 1. The maximum atomic E-state index is 12.2. The lowest BCUT2D eigenvalue weighted by Crippen LogP contribution is -2.51. The number of nitrogens with zero attached hydrogens (tertiary/aromatic N) is 4. The van der Waals surface area contributed by atoms with Crippen LogP contribution in [0.5, 0.6) is 0 Å². The Hall–Kier alpha value is -1.99. The van der Waals surface area contributed by atoms with Crippen LogP contribution in [0, 0.1) is 0 Å². The third-order valence-corrected chi connectivity index (χ3v) is 4.23. The van der Waals surface area contributed by atoms with Crippen molar-refractivity contribution in [2.45, 2.75) is 6.54 Å². The number of amides is 2. The molecule has 22 heavy (non-hydrogen) atoms. The molecule has 1 fully saturated rings. The fraction of sp³-hybridized carbons (Fsp3) is 0.286. The first-order valence-corrected chi connectivity index (χ1v) is 7.93. The molecule has 2 heterocycles. The van der Waals surface area contributed by atoms with E-state index in [2.05, 4.69) is 9.59 Å². The highest BCUT2D eigenvalue weighted by molar-refractivity contribution is 7.03. The number of hydrogen-bond acceptors (Lipinski definition) is 5. The van der Waals surface area contributed by atoms with Gasteiger partial charge in [0.25, 0.3) is 5.91 Å². The standard InChI is InChI=1S/C14H13ClN4O2S/c15-11-3-1-10(2-4-11)7-18-5-6-19(8-13(18)20)14(21)12-9-22-17-16-12/h1-4,9H,5-8H2. The van der Waals surface area contributed by atoms with Gasteiger partial charge in [0, 0.05) is 30.0 Å². The van der Waals surface area contributed by atoms with E-state index in [-0.39, 0.29) is 18.4 Å². The van der Waals surface area contributed by atoms with Gasteiger partial charge >= 0.3 is 0 Å². The molecule has 2 aromatic rings. The van der Waals surface area contributed by atoms with Crippen molar-refractivity contribution in [1.82, 2.24) is 19.4 Å². The zero-order valence-corrected chi connectivity index (χ0v) is 13.2. The molecule has 0 radical (unpaired) electrons. The molecule has 0 unspecified atom stereocenters. The Kier molecular flexibility index (Phi) is 4.35. The van der Waals surface area contributed by atoms with Gasteiger partial charge in [0.15, 0.2) is 5.69 Å². The van der Waals surface area contributed by atoms with Gasteiger partial charge in [-0.1, -0.05) is 28.2 Å². The van der Waals surface area contributed by atoms with Crippen LogP contribution in [0.25, 0.3) is 0 Å². The minimum absolute atomic E-state index is 0.0715. The Labute approximate surface area is 136 Å². The van der Waals surface area contributed by atoms with Crippen LogP contribution in [-0.4, -0.2) is 50.8 Å². The van der Waals surface area contributed by atoms with Gasteiger partial charge in [0.05, 0.1) is 0 Å². The molecule has 6 nitrogen and oxygen atoms in total. The van der Waals surface area contributed by atoms with Crippen molar-refractivity contribution in [2.75, 3.05) is 19.6 Å². The molecule has 0 N–H and O–H groups in total. The third kappa shape index (κ3) is 3.26. The highest BCUT2D eigenvalue weighted by atomic mass is 35.5. The molecule has 8 heteroatoms. The number of aromatic nitrogens is 2. The van der Waals surface area contributed by atoms with E-state index < -0.39 is 0 Å². The average molecular weight is 337 g/mol. The molecule has 1 aliphatic rings. The fourth-order valence-corrected chi connectivity index (χ4v) is 2.84. The summed E-state index contributed by atoms with van der Waals surface area (Å²) in [4.78, 5) is 27.6. The van der Waals surface area contributed by atoms with Crippen LogP contribution in [0.15, 0.2) is 29.6 Å². The van der Waals surface area contributed by atoms with Crippen molar-refractivity contribution in [3.8, 4) is 0 Å². The lowest BCUT2D eigenvalue weighted by molar-refractivity contribution is -0.135. The molecule has 0 saturated carbocycles. The van der Waals surface area contributed by atoms with Crippen molar-refractivity contribution >= 4 is 34.9 Å². The van der Waals surface area contributed by atoms with Gasteiger partial charge in [-0.2, -0.15) is 0 Å². The van der Waals surface area contributed by atoms with Crippen LogP contribution < -0.4 is 0 Å². The van der Waals surface area contributed by atoms with E-state index in [9.17, 15) is 9.59 Å². The van der Waals surface area contributed by atoms with Crippen LogP contribution >= 0.6 is 23.1 Å². The normalized spacial score (nSPS) is 15.2. The maximum absolute atomic E-state index is 12.2. The maximum Gasteiger partial charge on any atom is 0.275 e. The van der Waals surface area contributed by atoms with E-state index in [0.29, 0.717) is 30.4 Å². The quantitative estimate of drug-likeness (QED) is 0.855. The smallest absolute Gasteiger partial charge is 0.275 e. The van der Waals surface area contributed by atoms with Gasteiger partial charge in [0.2, 0.25) is 5.91 Å². The van der Waals surface area contributed by atoms with E-state index in [1.54, 1.807) is 22.4 Å². The highest BCUT2D eigenvalue weighted by Crippen LogP contribution is 2.14. The largest absolute Gasteiger partial charge is 0.335 e. The fourth-order valence-electron chi connectivity index (χ4n) is 2.28. The molecule has 0 bridgehead atoms. The zero-order valence-electron chi connectivity index (χ0n) is 11.6. The van der Waals surface area contributed by atoms with Crippen LogP contribution in [0.1, 0.15) is 16.1 Å². The predicted molar refractivity (Wildman–Crippen MR) is 82.7 cm³/mol. The lowest BCUT2D eigenvalue weighted by atomic mass is 10.2. The first kappa shape index (κ1) is 14.9. The molecular formula is C14H13ClN4O2S. The summed E-state index contributed by atoms with van der Waals surface area (Å²) in [7, 11) is 0. The summed E-state index contributed by atoms with van der Waals surface area (Å²) < 4.78 is 3.67. The Morgan fingerprint density at radius 3 is 2.68 bits per heavy atom. The molecule has 1 saturated heterocycles. The number of hydrogen-bond donors (Lipinski definition) is 0. The second-order valence-corrected chi connectivity index (χ2v) is 6.00. The lowest BCUT2D eigenvalue weighted by Gasteiger charge is -2.34. The average Bonchev–Trinajstić information content (AvgIpc) is 3.05. The molecule has 0 atom stereocenters. The molecule has 0 aliphatic carbocycles. The first-order chi connectivity index (χ1) is 10.6. The second-order valence-electron chi connectivity index (χ2n) is 4.96. The molecule has 1 aromatic carbocycles. The van der Waals surface area contributed by atoms with E-state index in [4.69, 9.17) is 11.6 Å². The summed E-state index contributed by atoms with van der Waals surface area (Å²) >= 11 is 6.97.